The van der Waals surface area contributed by atoms with Gasteiger partial charge in [0.1, 0.15) is 5.76 Å². The van der Waals surface area contributed by atoms with Gasteiger partial charge in [0.05, 0.1) is 19.4 Å². The lowest BCUT2D eigenvalue weighted by Gasteiger charge is -2.42. The molecule has 4 heteroatoms. The summed E-state index contributed by atoms with van der Waals surface area (Å²) in [5, 5.41) is 0. The van der Waals surface area contributed by atoms with E-state index in [-0.39, 0.29) is 0 Å². The second-order valence-electron chi connectivity index (χ2n) is 8.01. The summed E-state index contributed by atoms with van der Waals surface area (Å²) in [5.74, 6) is 2.77. The largest absolute Gasteiger partial charge is 0.468 e. The van der Waals surface area contributed by atoms with Crippen molar-refractivity contribution in [3.8, 4) is 0 Å². The van der Waals surface area contributed by atoms with Crippen molar-refractivity contribution in [1.29, 1.82) is 0 Å². The molecule has 1 atom stereocenters. The summed E-state index contributed by atoms with van der Waals surface area (Å²) in [6.45, 7) is 8.12. The first-order valence-corrected chi connectivity index (χ1v) is 9.23. The summed E-state index contributed by atoms with van der Waals surface area (Å²) in [7, 11) is 1.85. The van der Waals surface area contributed by atoms with Crippen LogP contribution < -0.4 is 0 Å². The van der Waals surface area contributed by atoms with E-state index in [1.54, 1.807) is 6.26 Å². The zero-order valence-corrected chi connectivity index (χ0v) is 14.4. The molecule has 3 fully saturated rings. The van der Waals surface area contributed by atoms with Crippen LogP contribution in [0.4, 0.5) is 0 Å². The van der Waals surface area contributed by atoms with Gasteiger partial charge in [0.2, 0.25) is 0 Å². The molecule has 0 N–H and O–H groups in total. The fourth-order valence-corrected chi connectivity index (χ4v) is 4.73. The molecule has 1 aromatic heterocycles. The minimum absolute atomic E-state index is 0.461. The van der Waals surface area contributed by atoms with Crippen molar-refractivity contribution in [3.05, 3.63) is 24.2 Å². The predicted molar refractivity (Wildman–Crippen MR) is 90.2 cm³/mol. The lowest BCUT2D eigenvalue weighted by atomic mass is 9.71. The molecule has 2 aliphatic heterocycles. The van der Waals surface area contributed by atoms with Crippen LogP contribution in [0.25, 0.3) is 0 Å². The first-order valence-electron chi connectivity index (χ1n) is 9.23. The maximum Gasteiger partial charge on any atom is 0.117 e. The van der Waals surface area contributed by atoms with Crippen LogP contribution in [0.2, 0.25) is 0 Å². The fourth-order valence-electron chi connectivity index (χ4n) is 4.73. The summed E-state index contributed by atoms with van der Waals surface area (Å²) in [4.78, 5) is 5.29. The summed E-state index contributed by atoms with van der Waals surface area (Å²) in [6, 6.07) is 4.08. The lowest BCUT2D eigenvalue weighted by molar-refractivity contribution is 0.0360. The quantitative estimate of drug-likeness (QED) is 0.806. The van der Waals surface area contributed by atoms with Crippen molar-refractivity contribution in [3.63, 3.8) is 0 Å². The highest BCUT2D eigenvalue weighted by Crippen LogP contribution is 2.45. The highest BCUT2D eigenvalue weighted by atomic mass is 16.5. The molecule has 0 unspecified atom stereocenters. The first kappa shape index (κ1) is 15.7. The smallest absolute Gasteiger partial charge is 0.117 e. The molecule has 0 amide bonds. The van der Waals surface area contributed by atoms with Crippen molar-refractivity contribution < 1.29 is 9.15 Å². The lowest BCUT2D eigenvalue weighted by Crippen LogP contribution is -2.45. The topological polar surface area (TPSA) is 28.9 Å². The Labute approximate surface area is 139 Å². The number of rotatable bonds is 6. The van der Waals surface area contributed by atoms with Gasteiger partial charge in [-0.15, -0.1) is 0 Å². The maximum atomic E-state index is 5.57. The summed E-state index contributed by atoms with van der Waals surface area (Å²) in [6.07, 6.45) is 7.38. The van der Waals surface area contributed by atoms with Crippen LogP contribution in [0.3, 0.4) is 0 Å². The average Bonchev–Trinajstić information content (AvgIpc) is 3.10. The maximum absolute atomic E-state index is 5.57. The Bertz CT molecular complexity index is 489. The van der Waals surface area contributed by atoms with Gasteiger partial charge in [-0.3, -0.25) is 4.90 Å². The Hall–Kier alpha value is -0.840. The normalized spacial score (nSPS) is 28.7. The fraction of sp³-hybridized carbons (Fsp3) is 0.789. The zero-order valence-electron chi connectivity index (χ0n) is 14.4. The van der Waals surface area contributed by atoms with Gasteiger partial charge in [0.15, 0.2) is 0 Å². The van der Waals surface area contributed by atoms with Crippen molar-refractivity contribution in [1.82, 2.24) is 9.80 Å². The van der Waals surface area contributed by atoms with Crippen LogP contribution in [0.15, 0.2) is 22.8 Å². The third kappa shape index (κ3) is 3.49. The molecule has 0 bridgehead atoms. The molecule has 3 heterocycles. The highest BCUT2D eigenvalue weighted by Gasteiger charge is 2.48. The number of piperidine rings is 1. The SMILES string of the molecule is COC[C@H]1CN(Cc2ccco2)CC12CCN(CC1CC1)CC2. The molecule has 1 spiro atoms. The van der Waals surface area contributed by atoms with Gasteiger partial charge in [-0.1, -0.05) is 0 Å². The molecule has 4 nitrogen and oxygen atoms in total. The van der Waals surface area contributed by atoms with E-state index in [1.165, 1.54) is 51.9 Å². The summed E-state index contributed by atoms with van der Waals surface area (Å²) in [5.41, 5.74) is 0.461. The molecule has 0 radical (unpaired) electrons. The van der Waals surface area contributed by atoms with Crippen LogP contribution in [0, 0.1) is 17.3 Å². The predicted octanol–water partition coefficient (Wildman–Crippen LogP) is 2.85. The Morgan fingerprint density at radius 3 is 2.74 bits per heavy atom. The van der Waals surface area contributed by atoms with E-state index >= 15 is 0 Å². The van der Waals surface area contributed by atoms with E-state index in [0.717, 1.165) is 31.4 Å². The molecule has 3 aliphatic rings. The molecule has 1 aromatic rings. The number of likely N-dealkylation sites (tertiary alicyclic amines) is 2. The van der Waals surface area contributed by atoms with Crippen LogP contribution in [-0.2, 0) is 11.3 Å². The monoisotopic (exact) mass is 318 g/mol. The Morgan fingerprint density at radius 2 is 2.09 bits per heavy atom. The number of hydrogen-bond donors (Lipinski definition) is 0. The molecule has 128 valence electrons. The Kier molecular flexibility index (Phi) is 4.48. The molecule has 4 rings (SSSR count). The average molecular weight is 318 g/mol. The molecule has 1 saturated carbocycles. The third-order valence-corrected chi connectivity index (χ3v) is 6.28. The van der Waals surface area contributed by atoms with E-state index in [0.29, 0.717) is 11.3 Å². The molecule has 23 heavy (non-hydrogen) atoms. The Balaban J connectivity index is 1.38. The second kappa shape index (κ2) is 6.58. The molecule has 2 saturated heterocycles. The molecular weight excluding hydrogens is 288 g/mol. The van der Waals surface area contributed by atoms with Gasteiger partial charge in [0, 0.05) is 32.7 Å². The number of furan rings is 1. The van der Waals surface area contributed by atoms with Gasteiger partial charge in [-0.25, -0.2) is 0 Å². The van der Waals surface area contributed by atoms with E-state index < -0.39 is 0 Å². The van der Waals surface area contributed by atoms with Crippen LogP contribution in [0.5, 0.6) is 0 Å². The van der Waals surface area contributed by atoms with Gasteiger partial charge >= 0.3 is 0 Å². The van der Waals surface area contributed by atoms with Gasteiger partial charge < -0.3 is 14.1 Å². The van der Waals surface area contributed by atoms with Gasteiger partial charge in [0.25, 0.3) is 0 Å². The van der Waals surface area contributed by atoms with E-state index in [2.05, 4.69) is 15.9 Å². The molecular formula is C19H30N2O2. The third-order valence-electron chi connectivity index (χ3n) is 6.28. The van der Waals surface area contributed by atoms with E-state index in [1.807, 2.05) is 13.2 Å². The van der Waals surface area contributed by atoms with Crippen molar-refractivity contribution >= 4 is 0 Å². The minimum Gasteiger partial charge on any atom is -0.468 e. The summed E-state index contributed by atoms with van der Waals surface area (Å²) >= 11 is 0. The number of ether oxygens (including phenoxy) is 1. The van der Waals surface area contributed by atoms with Crippen LogP contribution in [-0.4, -0.2) is 56.2 Å². The molecule has 0 aromatic carbocycles. The number of hydrogen-bond acceptors (Lipinski definition) is 4. The van der Waals surface area contributed by atoms with Crippen LogP contribution >= 0.6 is 0 Å². The van der Waals surface area contributed by atoms with Crippen molar-refractivity contribution in [2.24, 2.45) is 17.3 Å². The van der Waals surface area contributed by atoms with Crippen LogP contribution in [0.1, 0.15) is 31.4 Å². The number of nitrogens with zero attached hydrogens (tertiary/aromatic N) is 2. The van der Waals surface area contributed by atoms with E-state index in [4.69, 9.17) is 9.15 Å². The second-order valence-corrected chi connectivity index (χ2v) is 8.01. The Morgan fingerprint density at radius 1 is 1.26 bits per heavy atom. The number of methoxy groups -OCH3 is 1. The van der Waals surface area contributed by atoms with E-state index in [9.17, 15) is 0 Å². The minimum atomic E-state index is 0.461. The zero-order chi connectivity index (χ0) is 15.7. The van der Waals surface area contributed by atoms with Crippen molar-refractivity contribution in [2.75, 3.05) is 46.4 Å². The van der Waals surface area contributed by atoms with Gasteiger partial charge in [-0.2, -0.15) is 0 Å². The molecule has 1 aliphatic carbocycles. The highest BCUT2D eigenvalue weighted by molar-refractivity contribution is 5.03. The standard InChI is InChI=1S/C19H30N2O2/c1-22-14-17-12-21(13-18-3-2-10-23-18)15-19(17)6-8-20(9-7-19)11-16-4-5-16/h2-3,10,16-17H,4-9,11-15H2,1H3/t17-/m1/s1. The van der Waals surface area contributed by atoms with Crippen molar-refractivity contribution in [2.45, 2.75) is 32.2 Å². The van der Waals surface area contributed by atoms with Gasteiger partial charge in [-0.05, 0) is 62.2 Å². The first-order chi connectivity index (χ1) is 11.3. The summed E-state index contributed by atoms with van der Waals surface area (Å²) < 4.78 is 11.1.